The van der Waals surface area contributed by atoms with Crippen molar-refractivity contribution in [3.05, 3.63) is 33.9 Å². The zero-order valence-corrected chi connectivity index (χ0v) is 12.3. The van der Waals surface area contributed by atoms with Crippen LogP contribution in [0.25, 0.3) is 0 Å². The molecule has 3 rings (SSSR count). The number of rotatable bonds is 1. The van der Waals surface area contributed by atoms with Gasteiger partial charge in [-0.05, 0) is 28.1 Å². The van der Waals surface area contributed by atoms with Gasteiger partial charge in [-0.3, -0.25) is 4.79 Å². The number of ether oxygens (including phenoxy) is 2. The third kappa shape index (κ3) is 2.21. The molecule has 8 heteroatoms. The lowest BCUT2D eigenvalue weighted by molar-refractivity contribution is 0.0946. The molecule has 1 aromatic heterocycles. The van der Waals surface area contributed by atoms with E-state index >= 15 is 0 Å². The van der Waals surface area contributed by atoms with Gasteiger partial charge in [0.1, 0.15) is 30.7 Å². The lowest BCUT2D eigenvalue weighted by Gasteiger charge is -2.20. The number of carbonyl (C=O) groups is 1. The summed E-state index contributed by atoms with van der Waals surface area (Å²) in [5, 5.41) is 12.7. The van der Waals surface area contributed by atoms with E-state index in [1.807, 2.05) is 6.07 Å². The number of nitrogens with two attached hydrogens (primary N) is 1. The topological polar surface area (TPSA) is 103 Å². The Balaban J connectivity index is 2.04. The summed E-state index contributed by atoms with van der Waals surface area (Å²) < 4.78 is 12.5. The van der Waals surface area contributed by atoms with Crippen LogP contribution in [0.1, 0.15) is 15.9 Å². The van der Waals surface area contributed by atoms with E-state index in [2.05, 4.69) is 21.0 Å². The molecule has 0 saturated carbocycles. The number of halogens is 1. The molecular weight excluding hydrogens is 340 g/mol. The van der Waals surface area contributed by atoms with Gasteiger partial charge in [-0.25, -0.2) is 0 Å². The Bertz CT molecular complexity index is 778. The van der Waals surface area contributed by atoms with Crippen LogP contribution in [-0.2, 0) is 0 Å². The van der Waals surface area contributed by atoms with Crippen molar-refractivity contribution in [2.45, 2.75) is 0 Å². The van der Waals surface area contributed by atoms with Crippen molar-refractivity contribution < 1.29 is 14.3 Å². The number of carbonyl (C=O) groups excluding carboxylic acids is 1. The number of anilines is 1. The van der Waals surface area contributed by atoms with Gasteiger partial charge in [-0.1, -0.05) is 0 Å². The minimum Gasteiger partial charge on any atom is -0.486 e. The fourth-order valence-corrected chi connectivity index (χ4v) is 2.52. The van der Waals surface area contributed by atoms with Gasteiger partial charge >= 0.3 is 0 Å². The SMILES string of the molecule is N#Cc1cnn(C(=O)c2cc(Br)c3c(c2)OCCO3)c1N. The molecule has 0 amide bonds. The molecule has 0 bridgehead atoms. The summed E-state index contributed by atoms with van der Waals surface area (Å²) in [5.41, 5.74) is 6.19. The maximum absolute atomic E-state index is 12.4. The molecule has 1 aromatic carbocycles. The predicted octanol–water partition coefficient (Wildman–Crippen LogP) is 1.56. The second-order valence-corrected chi connectivity index (χ2v) is 5.11. The molecule has 2 N–H and O–H groups in total. The van der Waals surface area contributed by atoms with Gasteiger partial charge < -0.3 is 15.2 Å². The number of benzene rings is 1. The fourth-order valence-electron chi connectivity index (χ4n) is 1.96. The monoisotopic (exact) mass is 348 g/mol. The summed E-state index contributed by atoms with van der Waals surface area (Å²) in [7, 11) is 0. The molecule has 0 fully saturated rings. The summed E-state index contributed by atoms with van der Waals surface area (Å²) in [6, 6.07) is 5.03. The molecule has 0 unspecified atom stereocenters. The van der Waals surface area contributed by atoms with Crippen molar-refractivity contribution >= 4 is 27.7 Å². The van der Waals surface area contributed by atoms with Gasteiger partial charge in [0.15, 0.2) is 11.5 Å². The lowest BCUT2D eigenvalue weighted by Crippen LogP contribution is -2.19. The number of nitriles is 1. The number of hydrogen-bond donors (Lipinski definition) is 1. The predicted molar refractivity (Wildman–Crippen MR) is 76.2 cm³/mol. The van der Waals surface area contributed by atoms with Gasteiger partial charge in [0, 0.05) is 5.56 Å². The first-order chi connectivity index (χ1) is 10.1. The first kappa shape index (κ1) is 13.5. The third-order valence-corrected chi connectivity index (χ3v) is 3.55. The van der Waals surface area contributed by atoms with Crippen molar-refractivity contribution in [1.82, 2.24) is 9.78 Å². The van der Waals surface area contributed by atoms with Crippen LogP contribution in [0.5, 0.6) is 11.5 Å². The minimum absolute atomic E-state index is 0.00788. The molecule has 1 aliphatic heterocycles. The van der Waals surface area contributed by atoms with Crippen LogP contribution in [0.2, 0.25) is 0 Å². The largest absolute Gasteiger partial charge is 0.486 e. The lowest BCUT2D eigenvalue weighted by atomic mass is 10.2. The highest BCUT2D eigenvalue weighted by molar-refractivity contribution is 9.10. The van der Waals surface area contributed by atoms with Crippen molar-refractivity contribution in [2.24, 2.45) is 0 Å². The van der Waals surface area contributed by atoms with Gasteiger partial charge in [-0.2, -0.15) is 15.0 Å². The number of aromatic nitrogens is 2. The molecule has 0 aliphatic carbocycles. The van der Waals surface area contributed by atoms with Crippen molar-refractivity contribution in [2.75, 3.05) is 18.9 Å². The summed E-state index contributed by atoms with van der Waals surface area (Å²) in [6.07, 6.45) is 1.25. The van der Waals surface area contributed by atoms with Crippen LogP contribution < -0.4 is 15.2 Å². The Morgan fingerprint density at radius 2 is 2.19 bits per heavy atom. The van der Waals surface area contributed by atoms with Crippen LogP contribution in [0.3, 0.4) is 0 Å². The van der Waals surface area contributed by atoms with E-state index < -0.39 is 5.91 Å². The van der Waals surface area contributed by atoms with E-state index in [0.717, 1.165) is 4.68 Å². The van der Waals surface area contributed by atoms with Crippen molar-refractivity contribution in [3.63, 3.8) is 0 Å². The molecule has 21 heavy (non-hydrogen) atoms. The first-order valence-corrected chi connectivity index (χ1v) is 6.78. The maximum Gasteiger partial charge on any atom is 0.280 e. The van der Waals surface area contributed by atoms with Gasteiger partial charge in [0.05, 0.1) is 10.7 Å². The van der Waals surface area contributed by atoms with Gasteiger partial charge in [-0.15, -0.1) is 0 Å². The van der Waals surface area contributed by atoms with Gasteiger partial charge in [0.2, 0.25) is 0 Å². The molecule has 2 aromatic rings. The third-order valence-electron chi connectivity index (χ3n) is 2.96. The van der Waals surface area contributed by atoms with E-state index in [0.29, 0.717) is 34.7 Å². The van der Waals surface area contributed by atoms with E-state index in [1.165, 1.54) is 6.20 Å². The Labute approximate surface area is 128 Å². The van der Waals surface area contributed by atoms with E-state index in [4.69, 9.17) is 20.5 Å². The zero-order chi connectivity index (χ0) is 15.0. The summed E-state index contributed by atoms with van der Waals surface area (Å²) in [5.74, 6) is 0.592. The summed E-state index contributed by atoms with van der Waals surface area (Å²) in [4.78, 5) is 12.4. The molecule has 0 spiro atoms. The molecule has 0 atom stereocenters. The molecule has 0 radical (unpaired) electrons. The van der Waals surface area contributed by atoms with Crippen molar-refractivity contribution in [1.29, 1.82) is 5.26 Å². The molecule has 106 valence electrons. The summed E-state index contributed by atoms with van der Waals surface area (Å²) >= 11 is 3.34. The van der Waals surface area contributed by atoms with Crippen LogP contribution >= 0.6 is 15.9 Å². The number of fused-ring (bicyclic) bond motifs is 1. The highest BCUT2D eigenvalue weighted by atomic mass is 79.9. The average Bonchev–Trinajstić information content (AvgIpc) is 2.87. The molecule has 1 aliphatic rings. The molecule has 7 nitrogen and oxygen atoms in total. The number of nitrogen functional groups attached to an aromatic ring is 1. The molecule has 2 heterocycles. The van der Waals surface area contributed by atoms with Crippen LogP contribution in [0.15, 0.2) is 22.8 Å². The minimum atomic E-state index is -0.452. The van der Waals surface area contributed by atoms with Crippen LogP contribution in [-0.4, -0.2) is 28.9 Å². The number of nitrogens with zero attached hydrogens (tertiary/aromatic N) is 3. The van der Waals surface area contributed by atoms with Crippen molar-refractivity contribution in [3.8, 4) is 17.6 Å². The Morgan fingerprint density at radius 3 is 2.90 bits per heavy atom. The first-order valence-electron chi connectivity index (χ1n) is 5.99. The number of hydrogen-bond acceptors (Lipinski definition) is 6. The molecular formula is C13H9BrN4O3. The van der Waals surface area contributed by atoms with Crippen LogP contribution in [0.4, 0.5) is 5.82 Å². The highest BCUT2D eigenvalue weighted by Crippen LogP contribution is 2.38. The molecule has 0 saturated heterocycles. The normalized spacial score (nSPS) is 12.8. The maximum atomic E-state index is 12.4. The standard InChI is InChI=1S/C13H9BrN4O3/c14-9-3-7(4-10-11(9)21-2-1-20-10)13(19)18-12(16)8(5-15)6-17-18/h3-4,6H,1-2,16H2. The Kier molecular flexibility index (Phi) is 3.27. The highest BCUT2D eigenvalue weighted by Gasteiger charge is 2.21. The zero-order valence-electron chi connectivity index (χ0n) is 10.7. The quantitative estimate of drug-likeness (QED) is 0.838. The van der Waals surface area contributed by atoms with E-state index in [1.54, 1.807) is 12.1 Å². The Morgan fingerprint density at radius 1 is 1.43 bits per heavy atom. The smallest absolute Gasteiger partial charge is 0.280 e. The average molecular weight is 349 g/mol. The Hall–Kier alpha value is -2.53. The summed E-state index contributed by atoms with van der Waals surface area (Å²) in [6.45, 7) is 0.871. The second-order valence-electron chi connectivity index (χ2n) is 4.25. The van der Waals surface area contributed by atoms with E-state index in [-0.39, 0.29) is 11.4 Å². The van der Waals surface area contributed by atoms with Gasteiger partial charge in [0.25, 0.3) is 5.91 Å². The second kappa shape index (κ2) is 5.10. The van der Waals surface area contributed by atoms with E-state index in [9.17, 15) is 4.79 Å². The van der Waals surface area contributed by atoms with Crippen LogP contribution in [0, 0.1) is 11.3 Å². The fraction of sp³-hybridized carbons (Fsp3) is 0.154.